The summed E-state index contributed by atoms with van der Waals surface area (Å²) in [5, 5.41) is 0. The molecule has 2 rings (SSSR count). The third-order valence-corrected chi connectivity index (χ3v) is 2.23. The van der Waals surface area contributed by atoms with Crippen LogP contribution in [-0.2, 0) is 0 Å². The summed E-state index contributed by atoms with van der Waals surface area (Å²) in [5.74, 6) is -0.358. The van der Waals surface area contributed by atoms with Crippen LogP contribution in [0.15, 0.2) is 64.0 Å². The summed E-state index contributed by atoms with van der Waals surface area (Å²) >= 11 is 0. The lowest BCUT2D eigenvalue weighted by Gasteiger charge is -1.93. The van der Waals surface area contributed by atoms with Gasteiger partial charge < -0.3 is 4.42 Å². The van der Waals surface area contributed by atoms with Crippen LogP contribution in [0.5, 0.6) is 0 Å². The first kappa shape index (κ1) is 11.1. The van der Waals surface area contributed by atoms with Crippen LogP contribution < -0.4 is 5.63 Å². The van der Waals surface area contributed by atoms with E-state index < -0.39 is 5.63 Å². The van der Waals surface area contributed by atoms with Gasteiger partial charge in [-0.05, 0) is 23.8 Å². The molecule has 0 saturated heterocycles. The summed E-state index contributed by atoms with van der Waals surface area (Å²) in [5.41, 5.74) is 0.330. The molecule has 0 radical (unpaired) electrons. The van der Waals surface area contributed by atoms with E-state index in [-0.39, 0.29) is 11.3 Å². The lowest BCUT2D eigenvalue weighted by molar-refractivity contribution is 0.104. The van der Waals surface area contributed by atoms with Crippen LogP contribution >= 0.6 is 0 Å². The zero-order chi connectivity index (χ0) is 12.1. The SMILES string of the molecule is O=C(/C=C/c1ccccc1)c1cccoc1=O. The molecule has 0 bridgehead atoms. The van der Waals surface area contributed by atoms with E-state index in [9.17, 15) is 9.59 Å². The van der Waals surface area contributed by atoms with E-state index in [2.05, 4.69) is 4.42 Å². The van der Waals surface area contributed by atoms with Gasteiger partial charge in [-0.1, -0.05) is 36.4 Å². The van der Waals surface area contributed by atoms with Crippen molar-refractivity contribution < 1.29 is 9.21 Å². The minimum absolute atomic E-state index is 0.0414. The van der Waals surface area contributed by atoms with Crippen LogP contribution in [0.1, 0.15) is 15.9 Å². The van der Waals surface area contributed by atoms with Gasteiger partial charge in [0, 0.05) is 0 Å². The Morgan fingerprint density at radius 2 is 1.82 bits per heavy atom. The number of ketones is 1. The average Bonchev–Trinajstić information content (AvgIpc) is 2.38. The number of allylic oxidation sites excluding steroid dienone is 1. The molecule has 0 saturated carbocycles. The Hall–Kier alpha value is -2.42. The van der Waals surface area contributed by atoms with Crippen molar-refractivity contribution in [3.63, 3.8) is 0 Å². The molecular formula is C14H10O3. The molecule has 3 nitrogen and oxygen atoms in total. The first-order valence-electron chi connectivity index (χ1n) is 5.12. The molecule has 0 atom stereocenters. The van der Waals surface area contributed by atoms with E-state index >= 15 is 0 Å². The third kappa shape index (κ3) is 2.78. The Bertz CT molecular complexity index is 594. The lowest BCUT2D eigenvalue weighted by atomic mass is 10.1. The first-order valence-corrected chi connectivity index (χ1v) is 5.12. The highest BCUT2D eigenvalue weighted by molar-refractivity contribution is 6.06. The molecule has 0 spiro atoms. The number of carbonyl (C=O) groups excluding carboxylic acids is 1. The second-order valence-corrected chi connectivity index (χ2v) is 3.42. The van der Waals surface area contributed by atoms with Crippen molar-refractivity contribution in [2.75, 3.05) is 0 Å². The second kappa shape index (κ2) is 5.07. The molecule has 2 aromatic rings. The van der Waals surface area contributed by atoms with Crippen molar-refractivity contribution in [1.29, 1.82) is 0 Å². The molecule has 3 heteroatoms. The summed E-state index contributed by atoms with van der Waals surface area (Å²) in [7, 11) is 0. The van der Waals surface area contributed by atoms with E-state index in [0.29, 0.717) is 0 Å². The van der Waals surface area contributed by atoms with Gasteiger partial charge in [0.2, 0.25) is 0 Å². The Labute approximate surface area is 98.0 Å². The monoisotopic (exact) mass is 226 g/mol. The fourth-order valence-electron chi connectivity index (χ4n) is 1.38. The largest absolute Gasteiger partial charge is 0.431 e. The van der Waals surface area contributed by atoms with Gasteiger partial charge in [-0.25, -0.2) is 4.79 Å². The Morgan fingerprint density at radius 1 is 1.06 bits per heavy atom. The molecular weight excluding hydrogens is 216 g/mol. The second-order valence-electron chi connectivity index (χ2n) is 3.42. The molecule has 1 heterocycles. The van der Waals surface area contributed by atoms with E-state index in [4.69, 9.17) is 0 Å². The smallest absolute Gasteiger partial charge is 0.346 e. The van der Waals surface area contributed by atoms with Crippen LogP contribution in [-0.4, -0.2) is 5.78 Å². The quantitative estimate of drug-likeness (QED) is 0.596. The van der Waals surface area contributed by atoms with Crippen molar-refractivity contribution in [3.8, 4) is 0 Å². The summed E-state index contributed by atoms with van der Waals surface area (Å²) in [6.45, 7) is 0. The highest BCUT2D eigenvalue weighted by Crippen LogP contribution is 2.03. The fraction of sp³-hybridized carbons (Fsp3) is 0. The standard InChI is InChI=1S/C14H10O3/c15-13(12-7-4-10-17-14(12)16)9-8-11-5-2-1-3-6-11/h1-10H/b9-8+. The topological polar surface area (TPSA) is 47.3 Å². The van der Waals surface area contributed by atoms with E-state index in [1.165, 1.54) is 24.5 Å². The molecule has 17 heavy (non-hydrogen) atoms. The molecule has 1 aromatic heterocycles. The van der Waals surface area contributed by atoms with Crippen LogP contribution in [0.3, 0.4) is 0 Å². The van der Waals surface area contributed by atoms with Gasteiger partial charge in [0.25, 0.3) is 0 Å². The van der Waals surface area contributed by atoms with Crippen LogP contribution in [0.25, 0.3) is 6.08 Å². The van der Waals surface area contributed by atoms with E-state index in [1.807, 2.05) is 30.3 Å². The van der Waals surface area contributed by atoms with Crippen LogP contribution in [0.4, 0.5) is 0 Å². The van der Waals surface area contributed by atoms with Gasteiger partial charge in [0.15, 0.2) is 5.78 Å². The molecule has 84 valence electrons. The van der Waals surface area contributed by atoms with Gasteiger partial charge in [-0.3, -0.25) is 4.79 Å². The van der Waals surface area contributed by atoms with E-state index in [0.717, 1.165) is 5.56 Å². The zero-order valence-corrected chi connectivity index (χ0v) is 9.00. The number of hydrogen-bond donors (Lipinski definition) is 0. The minimum atomic E-state index is -0.616. The summed E-state index contributed by atoms with van der Waals surface area (Å²) in [6.07, 6.45) is 4.27. The molecule has 0 unspecified atom stereocenters. The number of rotatable bonds is 3. The van der Waals surface area contributed by atoms with Crippen molar-refractivity contribution in [3.05, 3.63) is 76.4 Å². The van der Waals surface area contributed by atoms with Crippen molar-refractivity contribution in [2.24, 2.45) is 0 Å². The maximum Gasteiger partial charge on any atom is 0.346 e. The Morgan fingerprint density at radius 3 is 2.53 bits per heavy atom. The summed E-state index contributed by atoms with van der Waals surface area (Å²) in [6, 6.07) is 12.4. The lowest BCUT2D eigenvalue weighted by Crippen LogP contribution is -2.10. The maximum absolute atomic E-state index is 11.7. The van der Waals surface area contributed by atoms with Gasteiger partial charge in [-0.15, -0.1) is 0 Å². The normalized spacial score (nSPS) is 10.6. The molecule has 0 N–H and O–H groups in total. The van der Waals surface area contributed by atoms with Gasteiger partial charge in [-0.2, -0.15) is 0 Å². The fourth-order valence-corrected chi connectivity index (χ4v) is 1.38. The molecule has 0 aliphatic rings. The van der Waals surface area contributed by atoms with Crippen LogP contribution in [0, 0.1) is 0 Å². The predicted octanol–water partition coefficient (Wildman–Crippen LogP) is 2.54. The summed E-state index contributed by atoms with van der Waals surface area (Å²) in [4.78, 5) is 22.9. The van der Waals surface area contributed by atoms with Gasteiger partial charge in [0.1, 0.15) is 5.56 Å². The molecule has 0 aliphatic carbocycles. The molecule has 0 fully saturated rings. The highest BCUT2D eigenvalue weighted by atomic mass is 16.4. The maximum atomic E-state index is 11.7. The Kier molecular flexibility index (Phi) is 3.31. The number of benzene rings is 1. The average molecular weight is 226 g/mol. The van der Waals surface area contributed by atoms with E-state index in [1.54, 1.807) is 6.08 Å². The molecule has 0 aliphatic heterocycles. The number of hydrogen-bond acceptors (Lipinski definition) is 3. The molecule has 1 aromatic carbocycles. The minimum Gasteiger partial charge on any atom is -0.431 e. The van der Waals surface area contributed by atoms with Crippen molar-refractivity contribution in [2.45, 2.75) is 0 Å². The predicted molar refractivity (Wildman–Crippen MR) is 64.8 cm³/mol. The zero-order valence-electron chi connectivity index (χ0n) is 9.00. The highest BCUT2D eigenvalue weighted by Gasteiger charge is 2.06. The Balaban J connectivity index is 2.21. The van der Waals surface area contributed by atoms with Crippen molar-refractivity contribution in [1.82, 2.24) is 0 Å². The third-order valence-electron chi connectivity index (χ3n) is 2.23. The molecule has 0 amide bonds. The first-order chi connectivity index (χ1) is 8.27. The number of carbonyl (C=O) groups is 1. The van der Waals surface area contributed by atoms with Crippen molar-refractivity contribution >= 4 is 11.9 Å². The van der Waals surface area contributed by atoms with Gasteiger partial charge >= 0.3 is 5.63 Å². The van der Waals surface area contributed by atoms with Crippen LogP contribution in [0.2, 0.25) is 0 Å². The summed E-state index contributed by atoms with van der Waals surface area (Å²) < 4.78 is 4.62. The van der Waals surface area contributed by atoms with Gasteiger partial charge in [0.05, 0.1) is 6.26 Å².